The molecule has 2 aromatic rings. The molecule has 0 radical (unpaired) electrons. The Morgan fingerprint density at radius 3 is 2.60 bits per heavy atom. The minimum atomic E-state index is -1.34. The smallest absolute Gasteiger partial charge is 0.327 e. The zero-order chi connectivity index (χ0) is 14.7. The molecule has 1 atom stereocenters. The minimum absolute atomic E-state index is 0.0803. The molecule has 0 fully saturated rings. The van der Waals surface area contributed by atoms with E-state index < -0.39 is 30.2 Å². The van der Waals surface area contributed by atoms with Gasteiger partial charge in [0.2, 0.25) is 0 Å². The molecule has 1 heterocycles. The summed E-state index contributed by atoms with van der Waals surface area (Å²) in [5.41, 5.74) is 0.120. The average molecular weight is 278 g/mol. The van der Waals surface area contributed by atoms with Crippen molar-refractivity contribution < 1.29 is 24.2 Å². The van der Waals surface area contributed by atoms with Crippen LogP contribution in [0.1, 0.15) is 12.5 Å². The van der Waals surface area contributed by atoms with E-state index in [2.05, 4.69) is 4.98 Å². The maximum absolute atomic E-state index is 13.7. The Labute approximate surface area is 113 Å². The number of rotatable bonds is 5. The van der Waals surface area contributed by atoms with Crippen molar-refractivity contribution in [3.05, 3.63) is 42.5 Å². The number of halogens is 1. The Kier molecular flexibility index (Phi) is 3.79. The summed E-state index contributed by atoms with van der Waals surface area (Å²) in [5, 5.41) is 17.9. The molecule has 20 heavy (non-hydrogen) atoms. The van der Waals surface area contributed by atoms with Gasteiger partial charge in [-0.1, -0.05) is 12.1 Å². The van der Waals surface area contributed by atoms with Crippen LogP contribution in [0, 0.1) is 5.82 Å². The molecule has 6 nitrogen and oxygen atoms in total. The molecule has 1 aromatic carbocycles. The number of carboxylic acids is 2. The predicted octanol–water partition coefficient (Wildman–Crippen LogP) is 1.79. The van der Waals surface area contributed by atoms with Crippen molar-refractivity contribution in [3.8, 4) is 11.4 Å². The number of aromatic nitrogens is 2. The number of benzene rings is 1. The minimum Gasteiger partial charge on any atom is -0.481 e. The molecule has 0 spiro atoms. The first-order chi connectivity index (χ1) is 9.50. The second-order valence-electron chi connectivity index (χ2n) is 4.09. The molecule has 2 rings (SSSR count). The van der Waals surface area contributed by atoms with Crippen LogP contribution in [0.15, 0.2) is 36.7 Å². The van der Waals surface area contributed by atoms with Crippen molar-refractivity contribution in [2.45, 2.75) is 12.5 Å². The van der Waals surface area contributed by atoms with Crippen molar-refractivity contribution in [2.75, 3.05) is 0 Å². The van der Waals surface area contributed by atoms with Crippen LogP contribution in [0.25, 0.3) is 11.4 Å². The molecule has 2 N–H and O–H groups in total. The molecule has 1 unspecified atom stereocenters. The molecular formula is C13H11FN2O4. The number of aliphatic carboxylic acids is 2. The van der Waals surface area contributed by atoms with Crippen LogP contribution in [-0.4, -0.2) is 31.7 Å². The van der Waals surface area contributed by atoms with Crippen molar-refractivity contribution in [2.24, 2.45) is 0 Å². The third-order valence-corrected chi connectivity index (χ3v) is 2.77. The third-order valence-electron chi connectivity index (χ3n) is 2.77. The summed E-state index contributed by atoms with van der Waals surface area (Å²) in [5.74, 6) is -3.05. The van der Waals surface area contributed by atoms with Crippen LogP contribution in [0.2, 0.25) is 0 Å². The van der Waals surface area contributed by atoms with E-state index in [1.165, 1.54) is 30.6 Å². The fourth-order valence-electron chi connectivity index (χ4n) is 1.89. The van der Waals surface area contributed by atoms with Gasteiger partial charge in [-0.2, -0.15) is 0 Å². The van der Waals surface area contributed by atoms with Crippen LogP contribution in [-0.2, 0) is 9.59 Å². The summed E-state index contributed by atoms with van der Waals surface area (Å²) in [4.78, 5) is 25.9. The lowest BCUT2D eigenvalue weighted by Crippen LogP contribution is -2.22. The molecule has 7 heteroatoms. The highest BCUT2D eigenvalue weighted by atomic mass is 19.1. The van der Waals surface area contributed by atoms with Crippen molar-refractivity contribution in [1.82, 2.24) is 9.55 Å². The number of hydrogen-bond acceptors (Lipinski definition) is 3. The Bertz CT molecular complexity index is 653. The highest BCUT2D eigenvalue weighted by Crippen LogP contribution is 2.25. The van der Waals surface area contributed by atoms with Crippen LogP contribution in [0.4, 0.5) is 4.39 Å². The Hall–Kier alpha value is -2.70. The molecular weight excluding hydrogens is 267 g/mol. The van der Waals surface area contributed by atoms with E-state index >= 15 is 0 Å². The number of hydrogen-bond donors (Lipinski definition) is 2. The highest BCUT2D eigenvalue weighted by Gasteiger charge is 2.26. The van der Waals surface area contributed by atoms with Gasteiger partial charge in [0.1, 0.15) is 17.7 Å². The molecule has 0 aliphatic carbocycles. The van der Waals surface area contributed by atoms with Crippen LogP contribution < -0.4 is 0 Å². The fraction of sp³-hybridized carbons (Fsp3) is 0.154. The number of carbonyl (C=O) groups is 2. The van der Waals surface area contributed by atoms with Gasteiger partial charge < -0.3 is 14.8 Å². The van der Waals surface area contributed by atoms with Crippen LogP contribution in [0.3, 0.4) is 0 Å². The molecule has 0 aliphatic rings. The number of nitrogens with zero attached hydrogens (tertiary/aromatic N) is 2. The van der Waals surface area contributed by atoms with Crippen molar-refractivity contribution >= 4 is 11.9 Å². The van der Waals surface area contributed by atoms with Gasteiger partial charge in [0.05, 0.1) is 12.0 Å². The first kappa shape index (κ1) is 13.7. The second kappa shape index (κ2) is 5.52. The lowest BCUT2D eigenvalue weighted by Gasteiger charge is -2.15. The van der Waals surface area contributed by atoms with Gasteiger partial charge in [0, 0.05) is 12.4 Å². The number of carboxylic acid groups (broad SMARTS) is 2. The summed E-state index contributed by atoms with van der Waals surface area (Å²) < 4.78 is 14.9. The lowest BCUT2D eigenvalue weighted by atomic mass is 10.1. The van der Waals surface area contributed by atoms with E-state index in [0.717, 1.165) is 4.57 Å². The summed E-state index contributed by atoms with van der Waals surface area (Å²) in [6.45, 7) is 0. The van der Waals surface area contributed by atoms with E-state index in [4.69, 9.17) is 10.2 Å². The zero-order valence-corrected chi connectivity index (χ0v) is 10.2. The van der Waals surface area contributed by atoms with Crippen molar-refractivity contribution in [1.29, 1.82) is 0 Å². The normalized spacial score (nSPS) is 12.1. The van der Waals surface area contributed by atoms with Gasteiger partial charge >= 0.3 is 11.9 Å². The van der Waals surface area contributed by atoms with E-state index in [1.54, 1.807) is 6.07 Å². The van der Waals surface area contributed by atoms with Gasteiger partial charge in [0.15, 0.2) is 0 Å². The van der Waals surface area contributed by atoms with Gasteiger partial charge in [-0.15, -0.1) is 0 Å². The second-order valence-corrected chi connectivity index (χ2v) is 4.09. The Morgan fingerprint density at radius 2 is 2.00 bits per heavy atom. The largest absolute Gasteiger partial charge is 0.481 e. The van der Waals surface area contributed by atoms with E-state index in [-0.39, 0.29) is 11.4 Å². The molecule has 104 valence electrons. The number of imidazole rings is 1. The monoisotopic (exact) mass is 278 g/mol. The predicted molar refractivity (Wildman–Crippen MR) is 66.5 cm³/mol. The SMILES string of the molecule is O=C(O)CC(C(=O)O)n1ccnc1-c1ccccc1F. The maximum Gasteiger partial charge on any atom is 0.327 e. The van der Waals surface area contributed by atoms with Crippen molar-refractivity contribution in [3.63, 3.8) is 0 Å². The fourth-order valence-corrected chi connectivity index (χ4v) is 1.89. The van der Waals surface area contributed by atoms with Crippen LogP contribution in [0.5, 0.6) is 0 Å². The third kappa shape index (κ3) is 2.66. The van der Waals surface area contributed by atoms with E-state index in [0.29, 0.717) is 0 Å². The standard InChI is InChI=1S/C13H11FN2O4/c14-9-4-2-1-3-8(9)12-15-5-6-16(12)10(13(19)20)7-11(17)18/h1-6,10H,7H2,(H,17,18)(H,19,20). The van der Waals surface area contributed by atoms with Gasteiger partial charge in [-0.25, -0.2) is 14.2 Å². The Morgan fingerprint density at radius 1 is 1.30 bits per heavy atom. The quantitative estimate of drug-likeness (QED) is 0.869. The summed E-state index contributed by atoms with van der Waals surface area (Å²) >= 11 is 0. The molecule has 0 saturated carbocycles. The van der Waals surface area contributed by atoms with Crippen LogP contribution >= 0.6 is 0 Å². The lowest BCUT2D eigenvalue weighted by molar-refractivity contribution is -0.147. The van der Waals surface area contributed by atoms with E-state index in [1.807, 2.05) is 0 Å². The van der Waals surface area contributed by atoms with E-state index in [9.17, 15) is 14.0 Å². The first-order valence-electron chi connectivity index (χ1n) is 5.73. The Balaban J connectivity index is 2.49. The molecule has 0 amide bonds. The highest BCUT2D eigenvalue weighted by molar-refractivity contribution is 5.80. The molecule has 0 saturated heterocycles. The summed E-state index contributed by atoms with van der Waals surface area (Å²) in [6, 6.07) is 4.42. The topological polar surface area (TPSA) is 92.4 Å². The maximum atomic E-state index is 13.7. The van der Waals surface area contributed by atoms with Gasteiger partial charge in [0.25, 0.3) is 0 Å². The average Bonchev–Trinajstić information content (AvgIpc) is 2.84. The zero-order valence-electron chi connectivity index (χ0n) is 10.2. The van der Waals surface area contributed by atoms with Gasteiger partial charge in [-0.05, 0) is 12.1 Å². The molecule has 1 aromatic heterocycles. The summed E-state index contributed by atoms with van der Waals surface area (Å²) in [7, 11) is 0. The molecule has 0 bridgehead atoms. The van der Waals surface area contributed by atoms with Gasteiger partial charge in [-0.3, -0.25) is 4.79 Å². The summed E-state index contributed by atoms with van der Waals surface area (Å²) in [6.07, 6.45) is 2.01. The molecule has 0 aliphatic heterocycles. The first-order valence-corrected chi connectivity index (χ1v) is 5.73.